The van der Waals surface area contributed by atoms with Gasteiger partial charge in [0.2, 0.25) is 0 Å². The van der Waals surface area contributed by atoms with Gasteiger partial charge in [0, 0.05) is 13.5 Å². The number of halogens is 3. The Morgan fingerprint density at radius 1 is 1.56 bits per heavy atom. The molecular weight excluding hydrogens is 255 g/mol. The van der Waals surface area contributed by atoms with E-state index in [0.717, 1.165) is 0 Å². The fraction of sp³-hybridized carbons (Fsp3) is 0.900. The number of aliphatic hydroxyl groups is 1. The quantitative estimate of drug-likeness (QED) is 0.770. The standard InChI is InChI=1S/C10H16F3NO4/c1-5-9(2,16)6(4-7(17-3)18-5)14-8(15)10(11,12)13/h5-7,16H,4H2,1-3H3,(H,14,15)/t5-,6-,7+,9+/m0/s1. The molecule has 0 aromatic carbocycles. The molecule has 18 heavy (non-hydrogen) atoms. The SMILES string of the molecule is CO[C@H]1C[C@H](NC(=O)C(F)(F)F)[C@](C)(O)[C@H](C)O1. The normalized spacial score (nSPS) is 37.4. The topological polar surface area (TPSA) is 67.8 Å². The van der Waals surface area contributed by atoms with Crippen LogP contribution in [0.5, 0.6) is 0 Å². The summed E-state index contributed by atoms with van der Waals surface area (Å²) >= 11 is 0. The molecule has 0 aromatic rings. The minimum atomic E-state index is -4.99. The van der Waals surface area contributed by atoms with Crippen molar-refractivity contribution in [3.05, 3.63) is 0 Å². The van der Waals surface area contributed by atoms with Gasteiger partial charge in [0.25, 0.3) is 0 Å². The summed E-state index contributed by atoms with van der Waals surface area (Å²) in [7, 11) is 1.33. The predicted molar refractivity (Wildman–Crippen MR) is 54.6 cm³/mol. The molecule has 8 heteroatoms. The van der Waals surface area contributed by atoms with E-state index >= 15 is 0 Å². The summed E-state index contributed by atoms with van der Waals surface area (Å²) in [6.07, 6.45) is -6.58. The van der Waals surface area contributed by atoms with E-state index in [0.29, 0.717) is 0 Å². The van der Waals surface area contributed by atoms with Crippen LogP contribution >= 0.6 is 0 Å². The van der Waals surface area contributed by atoms with Gasteiger partial charge in [-0.3, -0.25) is 4.79 Å². The summed E-state index contributed by atoms with van der Waals surface area (Å²) in [5.41, 5.74) is -1.60. The van der Waals surface area contributed by atoms with Crippen molar-refractivity contribution in [1.82, 2.24) is 5.32 Å². The van der Waals surface area contributed by atoms with Crippen molar-refractivity contribution in [3.63, 3.8) is 0 Å². The number of hydrogen-bond acceptors (Lipinski definition) is 4. The van der Waals surface area contributed by atoms with Gasteiger partial charge in [-0.1, -0.05) is 0 Å². The highest BCUT2D eigenvalue weighted by molar-refractivity contribution is 5.82. The first-order valence-corrected chi connectivity index (χ1v) is 5.37. The number of hydrogen-bond donors (Lipinski definition) is 2. The van der Waals surface area contributed by atoms with Crippen LogP contribution in [0.25, 0.3) is 0 Å². The summed E-state index contributed by atoms with van der Waals surface area (Å²) < 4.78 is 46.7. The van der Waals surface area contributed by atoms with E-state index in [1.54, 1.807) is 5.32 Å². The first-order valence-electron chi connectivity index (χ1n) is 5.37. The maximum atomic E-state index is 12.2. The van der Waals surface area contributed by atoms with Gasteiger partial charge in [-0.2, -0.15) is 13.2 Å². The number of nitrogens with one attached hydrogen (secondary N) is 1. The molecule has 1 fully saturated rings. The largest absolute Gasteiger partial charge is 0.471 e. The Morgan fingerprint density at radius 3 is 2.56 bits per heavy atom. The zero-order valence-corrected chi connectivity index (χ0v) is 10.2. The molecule has 2 N–H and O–H groups in total. The van der Waals surface area contributed by atoms with E-state index in [-0.39, 0.29) is 6.42 Å². The van der Waals surface area contributed by atoms with Crippen LogP contribution in [-0.4, -0.2) is 48.3 Å². The molecule has 106 valence electrons. The van der Waals surface area contributed by atoms with Gasteiger partial charge in [-0.05, 0) is 13.8 Å². The van der Waals surface area contributed by atoms with Crippen molar-refractivity contribution in [1.29, 1.82) is 0 Å². The van der Waals surface area contributed by atoms with Crippen molar-refractivity contribution < 1.29 is 32.5 Å². The van der Waals surface area contributed by atoms with Crippen molar-refractivity contribution in [2.75, 3.05) is 7.11 Å². The number of rotatable bonds is 2. The van der Waals surface area contributed by atoms with Gasteiger partial charge < -0.3 is 19.9 Å². The molecule has 0 unspecified atom stereocenters. The summed E-state index contributed by atoms with van der Waals surface area (Å²) in [6, 6.07) is -1.10. The van der Waals surface area contributed by atoms with Crippen molar-refractivity contribution >= 4 is 5.91 Å². The number of carbonyl (C=O) groups excluding carboxylic acids is 1. The number of methoxy groups -OCH3 is 1. The van der Waals surface area contributed by atoms with E-state index in [1.165, 1.54) is 21.0 Å². The Bertz CT molecular complexity index is 319. The lowest BCUT2D eigenvalue weighted by molar-refractivity contribution is -0.246. The number of alkyl halides is 3. The molecule has 0 radical (unpaired) electrons. The molecule has 0 saturated carbocycles. The molecule has 1 saturated heterocycles. The van der Waals surface area contributed by atoms with Crippen LogP contribution in [0.3, 0.4) is 0 Å². The average Bonchev–Trinajstić information content (AvgIpc) is 2.23. The molecule has 4 atom stereocenters. The van der Waals surface area contributed by atoms with Crippen molar-refractivity contribution in [3.8, 4) is 0 Å². The zero-order valence-electron chi connectivity index (χ0n) is 10.2. The Labute approximate surface area is 102 Å². The Balaban J connectivity index is 2.80. The van der Waals surface area contributed by atoms with Crippen LogP contribution < -0.4 is 5.32 Å². The third kappa shape index (κ3) is 3.12. The van der Waals surface area contributed by atoms with Crippen LogP contribution in [0.2, 0.25) is 0 Å². The molecule has 0 aromatic heterocycles. The fourth-order valence-corrected chi connectivity index (χ4v) is 1.73. The highest BCUT2D eigenvalue weighted by Crippen LogP contribution is 2.30. The maximum absolute atomic E-state index is 12.2. The lowest BCUT2D eigenvalue weighted by Gasteiger charge is -2.44. The number of carbonyl (C=O) groups is 1. The van der Waals surface area contributed by atoms with Crippen LogP contribution in [-0.2, 0) is 14.3 Å². The van der Waals surface area contributed by atoms with E-state index < -0.39 is 36.1 Å². The smallest absolute Gasteiger partial charge is 0.385 e. The second kappa shape index (κ2) is 5.02. The van der Waals surface area contributed by atoms with Gasteiger partial charge in [-0.15, -0.1) is 0 Å². The number of amides is 1. The zero-order chi connectivity index (χ0) is 14.1. The predicted octanol–water partition coefficient (Wildman–Crippen LogP) is 0.566. The second-order valence-corrected chi connectivity index (χ2v) is 4.43. The summed E-state index contributed by atoms with van der Waals surface area (Å²) in [4.78, 5) is 10.9. The fourth-order valence-electron chi connectivity index (χ4n) is 1.73. The lowest BCUT2D eigenvalue weighted by Crippen LogP contribution is -2.63. The highest BCUT2D eigenvalue weighted by Gasteiger charge is 2.49. The lowest BCUT2D eigenvalue weighted by atomic mass is 9.86. The second-order valence-electron chi connectivity index (χ2n) is 4.43. The third-order valence-electron chi connectivity index (χ3n) is 3.14. The molecule has 0 spiro atoms. The molecule has 0 aliphatic carbocycles. The van der Waals surface area contributed by atoms with E-state index in [9.17, 15) is 23.1 Å². The van der Waals surface area contributed by atoms with E-state index in [2.05, 4.69) is 0 Å². The summed E-state index contributed by atoms with van der Waals surface area (Å²) in [5, 5.41) is 11.8. The molecule has 1 heterocycles. The Hall–Kier alpha value is -0.860. The molecule has 1 aliphatic heterocycles. The molecule has 5 nitrogen and oxygen atoms in total. The highest BCUT2D eigenvalue weighted by atomic mass is 19.4. The van der Waals surface area contributed by atoms with Crippen LogP contribution in [0.4, 0.5) is 13.2 Å². The van der Waals surface area contributed by atoms with Gasteiger partial charge in [0.1, 0.15) is 5.60 Å². The molecule has 0 bridgehead atoms. The van der Waals surface area contributed by atoms with Crippen molar-refractivity contribution in [2.24, 2.45) is 0 Å². The van der Waals surface area contributed by atoms with E-state index in [4.69, 9.17) is 9.47 Å². The van der Waals surface area contributed by atoms with Gasteiger partial charge in [0.15, 0.2) is 6.29 Å². The maximum Gasteiger partial charge on any atom is 0.471 e. The first kappa shape index (κ1) is 15.2. The summed E-state index contributed by atoms with van der Waals surface area (Å²) in [6.45, 7) is 2.81. The van der Waals surface area contributed by atoms with Crippen LogP contribution in [0.15, 0.2) is 0 Å². The molecular formula is C10H16F3NO4. The third-order valence-corrected chi connectivity index (χ3v) is 3.14. The van der Waals surface area contributed by atoms with Gasteiger partial charge in [-0.25, -0.2) is 0 Å². The van der Waals surface area contributed by atoms with Gasteiger partial charge >= 0.3 is 12.1 Å². The van der Waals surface area contributed by atoms with E-state index in [1.807, 2.05) is 0 Å². The summed E-state index contributed by atoms with van der Waals surface area (Å²) in [5.74, 6) is -2.09. The first-order chi connectivity index (χ1) is 8.09. The van der Waals surface area contributed by atoms with Crippen molar-refractivity contribution in [2.45, 2.75) is 50.5 Å². The molecule has 1 aliphatic rings. The Kier molecular flexibility index (Phi) is 4.24. The van der Waals surface area contributed by atoms with Crippen LogP contribution in [0.1, 0.15) is 20.3 Å². The monoisotopic (exact) mass is 271 g/mol. The minimum absolute atomic E-state index is 0.0599. The van der Waals surface area contributed by atoms with Gasteiger partial charge in [0.05, 0.1) is 12.1 Å². The van der Waals surface area contributed by atoms with Crippen LogP contribution in [0, 0.1) is 0 Å². The Morgan fingerprint density at radius 2 is 2.11 bits per heavy atom. The average molecular weight is 271 g/mol. The number of ether oxygens (including phenoxy) is 2. The molecule has 1 rings (SSSR count). The minimum Gasteiger partial charge on any atom is -0.385 e. The molecule has 1 amide bonds.